The summed E-state index contributed by atoms with van der Waals surface area (Å²) in [6.07, 6.45) is 11.4. The van der Waals surface area contributed by atoms with E-state index in [2.05, 4.69) is 13.5 Å². The zero-order chi connectivity index (χ0) is 20.4. The average molecular weight is 399 g/mol. The van der Waals surface area contributed by atoms with E-state index >= 15 is 4.39 Å². The van der Waals surface area contributed by atoms with Crippen LogP contribution >= 0.6 is 0 Å². The molecule has 0 N–H and O–H groups in total. The van der Waals surface area contributed by atoms with Gasteiger partial charge in [-0.15, -0.1) is 0 Å². The first kappa shape index (κ1) is 20.4. The van der Waals surface area contributed by atoms with Crippen molar-refractivity contribution >= 4 is 10.8 Å². The molecule has 4 rings (SSSR count). The molecule has 2 aromatic rings. The first-order chi connectivity index (χ1) is 14.1. The summed E-state index contributed by atoms with van der Waals surface area (Å²) in [7, 11) is 0. The molecule has 2 aromatic carbocycles. The molecule has 0 saturated heterocycles. The van der Waals surface area contributed by atoms with Gasteiger partial charge >= 0.3 is 0 Å². The van der Waals surface area contributed by atoms with Crippen LogP contribution in [0.4, 0.5) is 8.78 Å². The summed E-state index contributed by atoms with van der Waals surface area (Å²) < 4.78 is 35.2. The van der Waals surface area contributed by atoms with Crippen molar-refractivity contribution in [2.45, 2.75) is 64.2 Å². The molecule has 0 radical (unpaired) electrons. The van der Waals surface area contributed by atoms with Crippen molar-refractivity contribution in [3.8, 4) is 5.75 Å². The molecule has 29 heavy (non-hydrogen) atoms. The Morgan fingerprint density at radius 2 is 1.79 bits per heavy atom. The Hall–Kier alpha value is -1.90. The number of fused-ring (bicyclic) bond motifs is 2. The van der Waals surface area contributed by atoms with Crippen molar-refractivity contribution in [3.63, 3.8) is 0 Å². The second kappa shape index (κ2) is 8.85. The molecule has 4 unspecified atom stereocenters. The summed E-state index contributed by atoms with van der Waals surface area (Å²) in [6, 6.07) is 6.34. The Balaban J connectivity index is 1.54. The van der Waals surface area contributed by atoms with Gasteiger partial charge in [0.15, 0.2) is 0 Å². The van der Waals surface area contributed by atoms with Crippen LogP contribution in [0.1, 0.15) is 69.8 Å². The fourth-order valence-electron chi connectivity index (χ4n) is 5.82. The van der Waals surface area contributed by atoms with Crippen molar-refractivity contribution in [3.05, 3.63) is 54.1 Å². The third-order valence-electron chi connectivity index (χ3n) is 7.22. The predicted octanol–water partition coefficient (Wildman–Crippen LogP) is 7.78. The Bertz CT molecular complexity index is 875. The summed E-state index contributed by atoms with van der Waals surface area (Å²) in [4.78, 5) is 0. The fraction of sp³-hybridized carbons (Fsp3) is 0.538. The average Bonchev–Trinajstić information content (AvgIpc) is 2.71. The highest BCUT2D eigenvalue weighted by atomic mass is 19.1. The number of hydrogen-bond acceptors (Lipinski definition) is 1. The van der Waals surface area contributed by atoms with Crippen LogP contribution in [-0.4, -0.2) is 6.61 Å². The topological polar surface area (TPSA) is 9.23 Å². The van der Waals surface area contributed by atoms with Gasteiger partial charge < -0.3 is 4.74 Å². The van der Waals surface area contributed by atoms with Gasteiger partial charge in [0.2, 0.25) is 0 Å². The quantitative estimate of drug-likeness (QED) is 0.451. The maximum atomic E-state index is 15.0. The standard InChI is InChI=1S/C26H32F2O/c1-3-5-17-6-7-19-12-20(9-8-18(19)11-17)23-16-24-21(14-25(23)27)13-22(15-26(24)28)29-10-4-2/h4,13-20H,2-3,5-12H2,1H3. The van der Waals surface area contributed by atoms with Crippen LogP contribution in [0.2, 0.25) is 0 Å². The van der Waals surface area contributed by atoms with E-state index in [0.29, 0.717) is 34.6 Å². The molecular formula is C26H32F2O. The number of ether oxygens (including phenoxy) is 1. The van der Waals surface area contributed by atoms with Gasteiger partial charge in [-0.2, -0.15) is 0 Å². The minimum absolute atomic E-state index is 0.208. The highest BCUT2D eigenvalue weighted by molar-refractivity contribution is 5.85. The van der Waals surface area contributed by atoms with Crippen LogP contribution < -0.4 is 4.74 Å². The number of benzene rings is 2. The Morgan fingerprint density at radius 3 is 2.59 bits per heavy atom. The molecule has 2 aliphatic rings. The minimum Gasteiger partial charge on any atom is -0.489 e. The number of halogens is 2. The number of hydrogen-bond donors (Lipinski definition) is 0. The van der Waals surface area contributed by atoms with Crippen LogP contribution in [0.15, 0.2) is 36.9 Å². The van der Waals surface area contributed by atoms with Crippen molar-refractivity contribution in [2.24, 2.45) is 17.8 Å². The minimum atomic E-state index is -0.350. The van der Waals surface area contributed by atoms with Crippen LogP contribution in [0.25, 0.3) is 10.8 Å². The molecule has 2 aliphatic carbocycles. The fourth-order valence-corrected chi connectivity index (χ4v) is 5.82. The van der Waals surface area contributed by atoms with Crippen LogP contribution in [-0.2, 0) is 0 Å². The summed E-state index contributed by atoms with van der Waals surface area (Å²) in [5, 5.41) is 1.04. The highest BCUT2D eigenvalue weighted by Crippen LogP contribution is 2.49. The van der Waals surface area contributed by atoms with Gasteiger partial charge in [-0.1, -0.05) is 38.8 Å². The Labute approximate surface area is 173 Å². The third-order valence-corrected chi connectivity index (χ3v) is 7.22. The van der Waals surface area contributed by atoms with Gasteiger partial charge in [0.25, 0.3) is 0 Å². The van der Waals surface area contributed by atoms with E-state index in [9.17, 15) is 4.39 Å². The van der Waals surface area contributed by atoms with E-state index in [1.54, 1.807) is 18.2 Å². The van der Waals surface area contributed by atoms with Crippen molar-refractivity contribution in [1.82, 2.24) is 0 Å². The lowest BCUT2D eigenvalue weighted by atomic mass is 9.63. The first-order valence-corrected chi connectivity index (χ1v) is 11.3. The van der Waals surface area contributed by atoms with Gasteiger partial charge in [0.1, 0.15) is 24.0 Å². The summed E-state index contributed by atoms with van der Waals surface area (Å²) in [5.74, 6) is 2.46. The molecule has 156 valence electrons. The smallest absolute Gasteiger partial charge is 0.134 e. The van der Waals surface area contributed by atoms with Crippen molar-refractivity contribution in [1.29, 1.82) is 0 Å². The maximum Gasteiger partial charge on any atom is 0.134 e. The van der Waals surface area contributed by atoms with Crippen molar-refractivity contribution < 1.29 is 13.5 Å². The first-order valence-electron chi connectivity index (χ1n) is 11.3. The molecular weight excluding hydrogens is 366 g/mol. The van der Waals surface area contributed by atoms with Crippen LogP contribution in [0.3, 0.4) is 0 Å². The SMILES string of the molecule is C=CCOc1cc(F)c2cc(C3CCC4CC(CCC)CCC4C3)c(F)cc2c1. The lowest BCUT2D eigenvalue weighted by molar-refractivity contribution is 0.113. The van der Waals surface area contributed by atoms with E-state index in [1.165, 1.54) is 50.7 Å². The van der Waals surface area contributed by atoms with Gasteiger partial charge in [-0.05, 0) is 84.9 Å². The summed E-state index contributed by atoms with van der Waals surface area (Å²) in [6.45, 7) is 6.18. The zero-order valence-electron chi connectivity index (χ0n) is 17.4. The van der Waals surface area contributed by atoms with Gasteiger partial charge in [0.05, 0.1) is 0 Å². The Kier molecular flexibility index (Phi) is 6.22. The molecule has 2 fully saturated rings. The molecule has 2 saturated carbocycles. The van der Waals surface area contributed by atoms with Gasteiger partial charge in [-0.3, -0.25) is 0 Å². The largest absolute Gasteiger partial charge is 0.489 e. The van der Waals surface area contributed by atoms with Crippen molar-refractivity contribution in [2.75, 3.05) is 6.61 Å². The molecule has 3 heteroatoms. The number of rotatable bonds is 6. The van der Waals surface area contributed by atoms with E-state index in [4.69, 9.17) is 4.74 Å². The molecule has 1 nitrogen and oxygen atoms in total. The van der Waals surface area contributed by atoms with E-state index < -0.39 is 0 Å². The molecule has 0 aliphatic heterocycles. The Morgan fingerprint density at radius 1 is 1.00 bits per heavy atom. The lowest BCUT2D eigenvalue weighted by Gasteiger charge is -2.42. The van der Waals surface area contributed by atoms with Crippen LogP contribution in [0.5, 0.6) is 5.75 Å². The summed E-state index contributed by atoms with van der Waals surface area (Å²) in [5.41, 5.74) is 0.699. The third kappa shape index (κ3) is 4.34. The molecule has 0 bridgehead atoms. The van der Waals surface area contributed by atoms with E-state index in [1.807, 2.05) is 0 Å². The van der Waals surface area contributed by atoms with Crippen LogP contribution in [0, 0.1) is 29.4 Å². The maximum absolute atomic E-state index is 15.0. The molecule has 4 atom stereocenters. The predicted molar refractivity (Wildman–Crippen MR) is 115 cm³/mol. The lowest BCUT2D eigenvalue weighted by Crippen LogP contribution is -2.30. The molecule has 0 spiro atoms. The normalized spacial score (nSPS) is 26.9. The van der Waals surface area contributed by atoms with Gasteiger partial charge in [-0.25, -0.2) is 8.78 Å². The molecule has 0 aromatic heterocycles. The second-order valence-electron chi connectivity index (χ2n) is 9.10. The second-order valence-corrected chi connectivity index (χ2v) is 9.10. The zero-order valence-corrected chi connectivity index (χ0v) is 17.4. The highest BCUT2D eigenvalue weighted by Gasteiger charge is 2.36. The summed E-state index contributed by atoms with van der Waals surface area (Å²) >= 11 is 0. The molecule has 0 heterocycles. The van der Waals surface area contributed by atoms with E-state index in [0.717, 1.165) is 24.7 Å². The van der Waals surface area contributed by atoms with Gasteiger partial charge in [0, 0.05) is 11.5 Å². The monoisotopic (exact) mass is 398 g/mol. The van der Waals surface area contributed by atoms with E-state index in [-0.39, 0.29) is 17.6 Å². The molecule has 0 amide bonds.